The van der Waals surface area contributed by atoms with Crippen LogP contribution >= 0.6 is 0 Å². The van der Waals surface area contributed by atoms with E-state index in [0.717, 1.165) is 0 Å². The summed E-state index contributed by atoms with van der Waals surface area (Å²) < 4.78 is 147. The molecular formula is C11H13F11O. The van der Waals surface area contributed by atoms with Gasteiger partial charge in [0.1, 0.15) is 5.41 Å². The highest BCUT2D eigenvalue weighted by Gasteiger charge is 2.85. The molecule has 0 heterocycles. The minimum Gasteiger partial charge on any atom is -0.335 e. The fourth-order valence-corrected chi connectivity index (χ4v) is 1.86. The zero-order chi connectivity index (χ0) is 19.1. The van der Waals surface area contributed by atoms with Crippen LogP contribution in [0.4, 0.5) is 48.3 Å². The average molecular weight is 370 g/mol. The van der Waals surface area contributed by atoms with Gasteiger partial charge in [-0.25, -0.2) is 0 Å². The molecule has 23 heavy (non-hydrogen) atoms. The number of halogens is 11. The molecule has 0 rings (SSSR count). The van der Waals surface area contributed by atoms with Crippen molar-refractivity contribution in [2.45, 2.75) is 57.2 Å². The van der Waals surface area contributed by atoms with Gasteiger partial charge in [0.05, 0.1) is 0 Å². The van der Waals surface area contributed by atoms with Gasteiger partial charge in [0.2, 0.25) is 0 Å². The van der Waals surface area contributed by atoms with E-state index in [1.165, 1.54) is 0 Å². The lowest BCUT2D eigenvalue weighted by molar-refractivity contribution is -0.450. The van der Waals surface area contributed by atoms with Crippen molar-refractivity contribution >= 4 is 0 Å². The van der Waals surface area contributed by atoms with Crippen molar-refractivity contribution in [3.8, 4) is 0 Å². The normalized spacial score (nSPS) is 20.1. The highest BCUT2D eigenvalue weighted by molar-refractivity contribution is 5.09. The molecule has 0 aliphatic rings. The van der Waals surface area contributed by atoms with E-state index >= 15 is 0 Å². The summed E-state index contributed by atoms with van der Waals surface area (Å²) in [7, 11) is 0. The Balaban J connectivity index is 6.50. The third-order valence-corrected chi connectivity index (χ3v) is 3.56. The van der Waals surface area contributed by atoms with Gasteiger partial charge >= 0.3 is 30.1 Å². The lowest BCUT2D eigenvalue weighted by Crippen LogP contribution is -2.70. The molecular weight excluding hydrogens is 357 g/mol. The summed E-state index contributed by atoms with van der Waals surface area (Å²) in [6.07, 6.45) is -15.0. The lowest BCUT2D eigenvalue weighted by atomic mass is 9.71. The monoisotopic (exact) mass is 370 g/mol. The molecule has 0 aromatic heterocycles. The third-order valence-electron chi connectivity index (χ3n) is 3.56. The first-order valence-electron chi connectivity index (χ1n) is 6.09. The number of ether oxygens (including phenoxy) is 1. The summed E-state index contributed by atoms with van der Waals surface area (Å²) in [5, 5.41) is 0. The SMILES string of the molecule is CCOC(F)(C(F)(F)F)C(F)(F)C(C)(CC)C(F)(F)C(F)(F)F. The van der Waals surface area contributed by atoms with E-state index in [1.54, 1.807) is 0 Å². The molecule has 0 saturated heterocycles. The van der Waals surface area contributed by atoms with Gasteiger partial charge in [-0.3, -0.25) is 0 Å². The van der Waals surface area contributed by atoms with E-state index < -0.39 is 55.4 Å². The second-order valence-corrected chi connectivity index (χ2v) is 4.86. The summed E-state index contributed by atoms with van der Waals surface area (Å²) >= 11 is 0. The first-order valence-corrected chi connectivity index (χ1v) is 6.09. The highest BCUT2D eigenvalue weighted by atomic mass is 19.4. The van der Waals surface area contributed by atoms with E-state index in [-0.39, 0.29) is 0 Å². The molecule has 140 valence electrons. The number of hydrogen-bond acceptors (Lipinski definition) is 1. The van der Waals surface area contributed by atoms with Gasteiger partial charge in [0.15, 0.2) is 0 Å². The van der Waals surface area contributed by atoms with Crippen LogP contribution in [0.5, 0.6) is 0 Å². The van der Waals surface area contributed by atoms with Gasteiger partial charge in [0.25, 0.3) is 0 Å². The Labute approximate surface area is 123 Å². The fraction of sp³-hybridized carbons (Fsp3) is 1.00. The minimum atomic E-state index is -6.63. The molecule has 1 nitrogen and oxygen atoms in total. The molecule has 0 amide bonds. The van der Waals surface area contributed by atoms with Crippen LogP contribution in [0.2, 0.25) is 0 Å². The molecule has 0 radical (unpaired) electrons. The molecule has 0 bridgehead atoms. The van der Waals surface area contributed by atoms with Crippen molar-refractivity contribution in [2.24, 2.45) is 5.41 Å². The maximum absolute atomic E-state index is 14.0. The van der Waals surface area contributed by atoms with Crippen LogP contribution < -0.4 is 0 Å². The van der Waals surface area contributed by atoms with Gasteiger partial charge in [-0.15, -0.1) is 0 Å². The second-order valence-electron chi connectivity index (χ2n) is 4.86. The quantitative estimate of drug-likeness (QED) is 0.561. The van der Waals surface area contributed by atoms with Crippen molar-refractivity contribution in [3.63, 3.8) is 0 Å². The summed E-state index contributed by atoms with van der Waals surface area (Å²) in [5.74, 6) is -18.6. The van der Waals surface area contributed by atoms with Gasteiger partial charge in [-0.2, -0.15) is 48.3 Å². The summed E-state index contributed by atoms with van der Waals surface area (Å²) in [5.41, 5.74) is -4.75. The van der Waals surface area contributed by atoms with E-state index in [4.69, 9.17) is 0 Å². The van der Waals surface area contributed by atoms with E-state index in [0.29, 0.717) is 13.8 Å². The van der Waals surface area contributed by atoms with Gasteiger partial charge in [0, 0.05) is 6.61 Å². The van der Waals surface area contributed by atoms with Crippen molar-refractivity contribution in [1.82, 2.24) is 0 Å². The van der Waals surface area contributed by atoms with E-state index in [1.807, 2.05) is 0 Å². The van der Waals surface area contributed by atoms with Gasteiger partial charge < -0.3 is 4.74 Å². The maximum Gasteiger partial charge on any atom is 0.454 e. The maximum atomic E-state index is 14.0. The number of alkyl halides is 11. The van der Waals surface area contributed by atoms with Crippen LogP contribution in [0, 0.1) is 5.41 Å². The zero-order valence-electron chi connectivity index (χ0n) is 12.0. The zero-order valence-corrected chi connectivity index (χ0v) is 12.0. The second kappa shape index (κ2) is 5.92. The van der Waals surface area contributed by atoms with Gasteiger partial charge in [-0.1, -0.05) is 6.92 Å². The lowest BCUT2D eigenvalue weighted by Gasteiger charge is -2.47. The van der Waals surface area contributed by atoms with E-state index in [9.17, 15) is 48.3 Å². The Morgan fingerprint density at radius 2 is 1.04 bits per heavy atom. The Bertz CT molecular complexity index is 413. The van der Waals surface area contributed by atoms with Gasteiger partial charge in [-0.05, 0) is 20.3 Å². The summed E-state index contributed by atoms with van der Waals surface area (Å²) in [4.78, 5) is 0. The predicted molar refractivity (Wildman–Crippen MR) is 55.9 cm³/mol. The average Bonchev–Trinajstić information content (AvgIpc) is 2.34. The standard InChI is InChI=1S/C11H13F11O/c1-4-6(3,8(14,15)10(17,18)19)7(12,13)9(16,23-5-2)11(20,21)22/h4-5H2,1-3H3. The largest absolute Gasteiger partial charge is 0.454 e. The highest BCUT2D eigenvalue weighted by Crippen LogP contribution is 2.63. The number of hydrogen-bond donors (Lipinski definition) is 0. The molecule has 0 aromatic carbocycles. The van der Waals surface area contributed by atoms with Crippen LogP contribution in [0.15, 0.2) is 0 Å². The molecule has 12 heteroatoms. The Hall–Kier alpha value is -0.810. The van der Waals surface area contributed by atoms with Crippen molar-refractivity contribution in [2.75, 3.05) is 6.61 Å². The van der Waals surface area contributed by atoms with Crippen LogP contribution in [0.1, 0.15) is 27.2 Å². The smallest absolute Gasteiger partial charge is 0.335 e. The summed E-state index contributed by atoms with van der Waals surface area (Å²) in [6.45, 7) is -0.819. The van der Waals surface area contributed by atoms with Crippen LogP contribution in [0.25, 0.3) is 0 Å². The first kappa shape index (κ1) is 22.2. The van der Waals surface area contributed by atoms with Crippen molar-refractivity contribution < 1.29 is 53.0 Å². The van der Waals surface area contributed by atoms with Crippen LogP contribution in [-0.2, 0) is 4.74 Å². The molecule has 0 aromatic rings. The Kier molecular flexibility index (Phi) is 5.71. The molecule has 0 aliphatic heterocycles. The molecule has 0 aliphatic carbocycles. The Morgan fingerprint density at radius 3 is 1.26 bits per heavy atom. The molecule has 0 fully saturated rings. The van der Waals surface area contributed by atoms with Crippen LogP contribution in [0.3, 0.4) is 0 Å². The molecule has 0 spiro atoms. The van der Waals surface area contributed by atoms with Crippen LogP contribution in [-0.4, -0.2) is 36.7 Å². The third kappa shape index (κ3) is 2.98. The summed E-state index contributed by atoms with van der Waals surface area (Å²) in [6, 6.07) is 0. The van der Waals surface area contributed by atoms with Crippen molar-refractivity contribution in [1.29, 1.82) is 0 Å². The molecule has 0 N–H and O–H groups in total. The molecule has 2 unspecified atom stereocenters. The predicted octanol–water partition coefficient (Wildman–Crippen LogP) is 5.50. The van der Waals surface area contributed by atoms with E-state index in [2.05, 4.69) is 4.74 Å². The minimum absolute atomic E-state index is 0.357. The topological polar surface area (TPSA) is 9.23 Å². The molecule has 2 atom stereocenters. The Morgan fingerprint density at radius 1 is 0.652 bits per heavy atom. The van der Waals surface area contributed by atoms with Crippen molar-refractivity contribution in [3.05, 3.63) is 0 Å². The first-order chi connectivity index (χ1) is 9.87. The number of rotatable bonds is 6. The molecule has 0 saturated carbocycles. The fourth-order valence-electron chi connectivity index (χ4n) is 1.86.